The second-order valence-electron chi connectivity index (χ2n) is 8.53. The van der Waals surface area contributed by atoms with Crippen LogP contribution in [-0.2, 0) is 17.3 Å². The predicted molar refractivity (Wildman–Crippen MR) is 102 cm³/mol. The molecule has 134 valence electrons. The lowest BCUT2D eigenvalue weighted by Crippen LogP contribution is -2.22. The van der Waals surface area contributed by atoms with E-state index < -0.39 is 0 Å². The van der Waals surface area contributed by atoms with Gasteiger partial charge in [-0.15, -0.1) is 0 Å². The summed E-state index contributed by atoms with van der Waals surface area (Å²) >= 11 is 0. The minimum Gasteiger partial charge on any atom is -0.329 e. The Morgan fingerprint density at radius 2 is 1.81 bits per heavy atom. The molecule has 0 saturated heterocycles. The number of nitrogens with zero attached hydrogens (tertiary/aromatic N) is 5. The maximum atomic E-state index is 4.78. The van der Waals surface area contributed by atoms with Gasteiger partial charge < -0.3 is 4.98 Å². The predicted octanol–water partition coefficient (Wildman–Crippen LogP) is 3.82. The summed E-state index contributed by atoms with van der Waals surface area (Å²) in [5, 5.41) is 4.71. The highest BCUT2D eigenvalue weighted by Crippen LogP contribution is 2.27. The molecule has 26 heavy (non-hydrogen) atoms. The van der Waals surface area contributed by atoms with Crippen LogP contribution in [0.4, 0.5) is 0 Å². The lowest BCUT2D eigenvalue weighted by atomic mass is 9.84. The van der Waals surface area contributed by atoms with Crippen LogP contribution in [0.15, 0.2) is 36.8 Å². The number of pyridine rings is 1. The van der Waals surface area contributed by atoms with E-state index in [-0.39, 0.29) is 10.8 Å². The highest BCUT2D eigenvalue weighted by atomic mass is 15.2. The molecule has 1 N–H and O–H groups in total. The van der Waals surface area contributed by atoms with Crippen molar-refractivity contribution < 1.29 is 0 Å². The van der Waals surface area contributed by atoms with Gasteiger partial charge in [-0.3, -0.25) is 0 Å². The summed E-state index contributed by atoms with van der Waals surface area (Å²) in [6.07, 6.45) is 4.46. The van der Waals surface area contributed by atoms with E-state index >= 15 is 0 Å². The lowest BCUT2D eigenvalue weighted by Gasteiger charge is -2.22. The van der Waals surface area contributed by atoms with Gasteiger partial charge in [-0.1, -0.05) is 34.6 Å². The summed E-state index contributed by atoms with van der Waals surface area (Å²) in [5.74, 6) is 0. The Morgan fingerprint density at radius 1 is 1.00 bits per heavy atom. The molecule has 6 heteroatoms. The van der Waals surface area contributed by atoms with Gasteiger partial charge in [-0.25, -0.2) is 19.5 Å². The fourth-order valence-corrected chi connectivity index (χ4v) is 3.18. The zero-order valence-electron chi connectivity index (χ0n) is 15.9. The Labute approximate surface area is 152 Å². The molecule has 0 aromatic carbocycles. The Hall–Kier alpha value is -2.76. The van der Waals surface area contributed by atoms with Crippen molar-refractivity contribution in [3.05, 3.63) is 53.9 Å². The molecule has 4 rings (SSSR count). The van der Waals surface area contributed by atoms with Crippen molar-refractivity contribution in [1.82, 2.24) is 29.5 Å². The number of aromatic amines is 1. The molecule has 0 aliphatic carbocycles. The Bertz CT molecular complexity index is 1080. The van der Waals surface area contributed by atoms with Gasteiger partial charge in [0.25, 0.3) is 0 Å². The van der Waals surface area contributed by atoms with Crippen molar-refractivity contribution in [3.63, 3.8) is 0 Å². The molecule has 0 unspecified atom stereocenters. The van der Waals surface area contributed by atoms with Crippen LogP contribution in [-0.4, -0.2) is 29.5 Å². The SMILES string of the molecule is CC(C)(C)c1ccn2nc(CC(C)(C)c3ccc4nc[nH]c4n3)cc2n1. The van der Waals surface area contributed by atoms with Gasteiger partial charge in [0.2, 0.25) is 0 Å². The van der Waals surface area contributed by atoms with Crippen LogP contribution in [0.3, 0.4) is 0 Å². The smallest absolute Gasteiger partial charge is 0.157 e. The molecule has 4 aromatic heterocycles. The molecule has 6 nitrogen and oxygen atoms in total. The van der Waals surface area contributed by atoms with Crippen LogP contribution < -0.4 is 0 Å². The van der Waals surface area contributed by atoms with Crippen LogP contribution in [0.1, 0.15) is 51.7 Å². The van der Waals surface area contributed by atoms with Gasteiger partial charge in [-0.05, 0) is 18.2 Å². The highest BCUT2D eigenvalue weighted by molar-refractivity contribution is 5.69. The van der Waals surface area contributed by atoms with Crippen LogP contribution in [0.25, 0.3) is 16.8 Å². The number of hydrogen-bond acceptors (Lipinski definition) is 4. The quantitative estimate of drug-likeness (QED) is 0.611. The van der Waals surface area contributed by atoms with Crippen LogP contribution in [0.2, 0.25) is 0 Å². The van der Waals surface area contributed by atoms with Gasteiger partial charge in [0.15, 0.2) is 11.3 Å². The largest absolute Gasteiger partial charge is 0.329 e. The van der Waals surface area contributed by atoms with E-state index in [1.165, 1.54) is 0 Å². The highest BCUT2D eigenvalue weighted by Gasteiger charge is 2.25. The molecule has 0 amide bonds. The molecule has 4 aromatic rings. The zero-order valence-corrected chi connectivity index (χ0v) is 15.9. The minimum atomic E-state index is -0.149. The van der Waals surface area contributed by atoms with Gasteiger partial charge in [-0.2, -0.15) is 5.10 Å². The summed E-state index contributed by atoms with van der Waals surface area (Å²) < 4.78 is 1.85. The van der Waals surface area contributed by atoms with E-state index in [2.05, 4.69) is 56.7 Å². The third-order valence-corrected chi connectivity index (χ3v) is 4.74. The topological polar surface area (TPSA) is 71.8 Å². The average molecular weight is 348 g/mol. The molecule has 0 fully saturated rings. The number of imidazole rings is 1. The average Bonchev–Trinajstić information content (AvgIpc) is 3.17. The monoisotopic (exact) mass is 348 g/mol. The lowest BCUT2D eigenvalue weighted by molar-refractivity contribution is 0.499. The molecule has 0 radical (unpaired) electrons. The molecular formula is C20H24N6. The number of fused-ring (bicyclic) bond motifs is 2. The fourth-order valence-electron chi connectivity index (χ4n) is 3.18. The first-order chi connectivity index (χ1) is 12.2. The first kappa shape index (κ1) is 16.7. The van der Waals surface area contributed by atoms with E-state index in [0.29, 0.717) is 0 Å². The maximum Gasteiger partial charge on any atom is 0.157 e. The third-order valence-electron chi connectivity index (χ3n) is 4.74. The second kappa shape index (κ2) is 5.62. The first-order valence-electron chi connectivity index (χ1n) is 8.89. The standard InChI is InChI=1S/C20H24N6/c1-19(2,3)15-8-9-26-17(23-15)10-13(25-26)11-20(4,5)16-7-6-14-18(24-16)22-12-21-14/h6-10,12H,11H2,1-5H3,(H,21,22,24). The molecule has 0 bridgehead atoms. The second-order valence-corrected chi connectivity index (χ2v) is 8.53. The van der Waals surface area contributed by atoms with E-state index in [0.717, 1.165) is 40.3 Å². The molecule has 0 spiro atoms. The van der Waals surface area contributed by atoms with E-state index in [1.54, 1.807) is 6.33 Å². The summed E-state index contributed by atoms with van der Waals surface area (Å²) in [5.41, 5.74) is 5.58. The van der Waals surface area contributed by atoms with Gasteiger partial charge in [0, 0.05) is 40.9 Å². The van der Waals surface area contributed by atoms with E-state index in [1.807, 2.05) is 22.8 Å². The van der Waals surface area contributed by atoms with Gasteiger partial charge >= 0.3 is 0 Å². The number of H-pyrrole nitrogens is 1. The van der Waals surface area contributed by atoms with E-state index in [9.17, 15) is 0 Å². The van der Waals surface area contributed by atoms with Crippen LogP contribution in [0.5, 0.6) is 0 Å². The fraction of sp³-hybridized carbons (Fsp3) is 0.400. The maximum absolute atomic E-state index is 4.78. The third kappa shape index (κ3) is 2.96. The molecule has 0 atom stereocenters. The Morgan fingerprint density at radius 3 is 2.58 bits per heavy atom. The Balaban J connectivity index is 1.66. The molecule has 4 heterocycles. The summed E-state index contributed by atoms with van der Waals surface area (Å²) in [4.78, 5) is 16.8. The summed E-state index contributed by atoms with van der Waals surface area (Å²) in [6.45, 7) is 10.9. The minimum absolute atomic E-state index is 0.0227. The van der Waals surface area contributed by atoms with Crippen LogP contribution >= 0.6 is 0 Å². The van der Waals surface area contributed by atoms with Crippen molar-refractivity contribution in [1.29, 1.82) is 0 Å². The van der Waals surface area contributed by atoms with E-state index in [4.69, 9.17) is 15.1 Å². The number of aromatic nitrogens is 6. The molecule has 0 saturated carbocycles. The van der Waals surface area contributed by atoms with Crippen molar-refractivity contribution in [2.45, 2.75) is 51.9 Å². The number of nitrogens with one attached hydrogen (secondary N) is 1. The number of rotatable bonds is 3. The molecular weight excluding hydrogens is 324 g/mol. The zero-order chi connectivity index (χ0) is 18.5. The summed E-state index contributed by atoms with van der Waals surface area (Å²) in [7, 11) is 0. The van der Waals surface area contributed by atoms with Gasteiger partial charge in [0.1, 0.15) is 5.52 Å². The Kier molecular flexibility index (Phi) is 3.61. The van der Waals surface area contributed by atoms with Crippen molar-refractivity contribution in [2.75, 3.05) is 0 Å². The van der Waals surface area contributed by atoms with Crippen LogP contribution in [0, 0.1) is 0 Å². The molecule has 0 aliphatic heterocycles. The molecule has 0 aliphatic rings. The normalized spacial score (nSPS) is 13.0. The van der Waals surface area contributed by atoms with Crippen molar-refractivity contribution in [3.8, 4) is 0 Å². The first-order valence-corrected chi connectivity index (χ1v) is 8.89. The van der Waals surface area contributed by atoms with Crippen molar-refractivity contribution >= 4 is 16.8 Å². The van der Waals surface area contributed by atoms with Gasteiger partial charge in [0.05, 0.1) is 12.0 Å². The number of hydrogen-bond donors (Lipinski definition) is 1. The summed E-state index contributed by atoms with van der Waals surface area (Å²) in [6, 6.07) is 8.18. The van der Waals surface area contributed by atoms with Crippen molar-refractivity contribution in [2.24, 2.45) is 0 Å².